The second-order valence-corrected chi connectivity index (χ2v) is 3.80. The molecule has 0 radical (unpaired) electrons. The Morgan fingerprint density at radius 3 is 2.58 bits per heavy atom. The minimum Gasteiger partial charge on any atom is -0.351 e. The van der Waals surface area contributed by atoms with Crippen molar-refractivity contribution in [3.8, 4) is 0 Å². The van der Waals surface area contributed by atoms with E-state index in [0.29, 0.717) is 0 Å². The smallest absolute Gasteiger partial charge is 0.240 e. The minimum atomic E-state index is -1.07. The third kappa shape index (κ3) is 4.17. The summed E-state index contributed by atoms with van der Waals surface area (Å²) >= 11 is 0. The summed E-state index contributed by atoms with van der Waals surface area (Å²) in [7, 11) is 0. The second-order valence-electron chi connectivity index (χ2n) is 3.80. The first-order valence-corrected chi connectivity index (χ1v) is 5.56. The zero-order valence-electron chi connectivity index (χ0n) is 10.5. The van der Waals surface area contributed by atoms with Crippen LogP contribution in [-0.4, -0.2) is 24.9 Å². The van der Waals surface area contributed by atoms with Gasteiger partial charge in [-0.1, -0.05) is 6.08 Å². The topological polar surface area (TPSA) is 49.4 Å². The molecule has 1 aromatic carbocycles. The van der Waals surface area contributed by atoms with Crippen molar-refractivity contribution < 1.29 is 18.4 Å². The number of halogens is 2. The first kappa shape index (κ1) is 14.8. The molecule has 0 saturated carbocycles. The van der Waals surface area contributed by atoms with E-state index in [-0.39, 0.29) is 18.8 Å². The van der Waals surface area contributed by atoms with E-state index >= 15 is 0 Å². The highest BCUT2D eigenvalue weighted by atomic mass is 19.2. The number of hydrogen-bond donors (Lipinski definition) is 1. The Morgan fingerprint density at radius 2 is 2.05 bits per heavy atom. The van der Waals surface area contributed by atoms with Gasteiger partial charge in [-0.3, -0.25) is 9.59 Å². The SMILES string of the molecule is C=CCNC(=O)CN(C(C)=O)c1ccc(F)c(F)c1. The highest BCUT2D eigenvalue weighted by Crippen LogP contribution is 2.17. The maximum absolute atomic E-state index is 13.1. The lowest BCUT2D eigenvalue weighted by Gasteiger charge is -2.20. The number of nitrogens with one attached hydrogen (secondary N) is 1. The molecule has 0 aliphatic carbocycles. The monoisotopic (exact) mass is 268 g/mol. The lowest BCUT2D eigenvalue weighted by molar-refractivity contribution is -0.122. The first-order valence-electron chi connectivity index (χ1n) is 5.56. The molecule has 0 aromatic heterocycles. The van der Waals surface area contributed by atoms with Gasteiger partial charge in [0.15, 0.2) is 11.6 Å². The van der Waals surface area contributed by atoms with Crippen LogP contribution in [0.1, 0.15) is 6.92 Å². The fraction of sp³-hybridized carbons (Fsp3) is 0.231. The summed E-state index contributed by atoms with van der Waals surface area (Å²) in [6, 6.07) is 3.01. The van der Waals surface area contributed by atoms with Crippen LogP contribution >= 0.6 is 0 Å². The normalized spacial score (nSPS) is 9.84. The van der Waals surface area contributed by atoms with Crippen LogP contribution < -0.4 is 10.2 Å². The fourth-order valence-corrected chi connectivity index (χ4v) is 1.42. The van der Waals surface area contributed by atoms with Crippen molar-refractivity contribution in [2.24, 2.45) is 0 Å². The number of carbonyl (C=O) groups excluding carboxylic acids is 2. The van der Waals surface area contributed by atoms with Crippen molar-refractivity contribution in [1.82, 2.24) is 5.32 Å². The van der Waals surface area contributed by atoms with E-state index in [1.807, 2.05) is 0 Å². The maximum Gasteiger partial charge on any atom is 0.240 e. The van der Waals surface area contributed by atoms with Crippen LogP contribution in [0.3, 0.4) is 0 Å². The van der Waals surface area contributed by atoms with E-state index in [9.17, 15) is 18.4 Å². The number of carbonyl (C=O) groups is 2. The number of amides is 2. The van der Waals surface area contributed by atoms with Crippen LogP contribution in [0, 0.1) is 11.6 Å². The summed E-state index contributed by atoms with van der Waals surface area (Å²) in [6.07, 6.45) is 1.49. The van der Waals surface area contributed by atoms with Gasteiger partial charge in [-0.15, -0.1) is 6.58 Å². The van der Waals surface area contributed by atoms with Gasteiger partial charge < -0.3 is 10.2 Å². The van der Waals surface area contributed by atoms with E-state index in [4.69, 9.17) is 0 Å². The number of anilines is 1. The lowest BCUT2D eigenvalue weighted by Crippen LogP contribution is -2.39. The molecule has 0 fully saturated rings. The van der Waals surface area contributed by atoms with E-state index < -0.39 is 23.4 Å². The molecule has 6 heteroatoms. The van der Waals surface area contributed by atoms with Crippen molar-refractivity contribution in [3.05, 3.63) is 42.5 Å². The van der Waals surface area contributed by atoms with Gasteiger partial charge in [0.25, 0.3) is 0 Å². The molecule has 0 bridgehead atoms. The van der Waals surface area contributed by atoms with Crippen molar-refractivity contribution in [2.75, 3.05) is 18.0 Å². The average molecular weight is 268 g/mol. The quantitative estimate of drug-likeness (QED) is 0.825. The third-order valence-corrected chi connectivity index (χ3v) is 2.34. The van der Waals surface area contributed by atoms with Gasteiger partial charge >= 0.3 is 0 Å². The van der Waals surface area contributed by atoms with Crippen LogP contribution in [0.5, 0.6) is 0 Å². The van der Waals surface area contributed by atoms with Crippen molar-refractivity contribution >= 4 is 17.5 Å². The van der Waals surface area contributed by atoms with Crippen molar-refractivity contribution in [3.63, 3.8) is 0 Å². The van der Waals surface area contributed by atoms with Gasteiger partial charge in [-0.25, -0.2) is 8.78 Å². The zero-order chi connectivity index (χ0) is 14.4. The summed E-state index contributed by atoms with van der Waals surface area (Å²) in [5, 5.41) is 2.49. The molecule has 0 aliphatic heterocycles. The number of rotatable bonds is 5. The van der Waals surface area contributed by atoms with Crippen LogP contribution in [-0.2, 0) is 9.59 Å². The predicted octanol–water partition coefficient (Wildman–Crippen LogP) is 1.62. The summed E-state index contributed by atoms with van der Waals surface area (Å²) in [5.41, 5.74) is 0.125. The van der Waals surface area contributed by atoms with Gasteiger partial charge in [-0.05, 0) is 12.1 Å². The summed E-state index contributed by atoms with van der Waals surface area (Å²) in [5.74, 6) is -2.95. The summed E-state index contributed by atoms with van der Waals surface area (Å²) in [6.45, 7) is 4.67. The maximum atomic E-state index is 13.1. The minimum absolute atomic E-state index is 0.125. The van der Waals surface area contributed by atoms with Gasteiger partial charge in [0, 0.05) is 25.2 Å². The van der Waals surface area contributed by atoms with Gasteiger partial charge in [0.1, 0.15) is 6.54 Å². The van der Waals surface area contributed by atoms with E-state index in [2.05, 4.69) is 11.9 Å². The molecule has 19 heavy (non-hydrogen) atoms. The Balaban J connectivity index is 2.88. The molecule has 2 amide bonds. The molecule has 0 unspecified atom stereocenters. The standard InChI is InChI=1S/C13H14F2N2O2/c1-3-6-16-13(19)8-17(9(2)18)10-4-5-11(14)12(15)7-10/h3-5,7H,1,6,8H2,2H3,(H,16,19). The van der Waals surface area contributed by atoms with Crippen molar-refractivity contribution in [2.45, 2.75) is 6.92 Å². The molecule has 0 heterocycles. The Labute approximate surface area is 109 Å². The van der Waals surface area contributed by atoms with Gasteiger partial charge in [0.05, 0.1) is 0 Å². The van der Waals surface area contributed by atoms with Gasteiger partial charge in [-0.2, -0.15) is 0 Å². The molecule has 0 spiro atoms. The zero-order valence-corrected chi connectivity index (χ0v) is 10.5. The summed E-state index contributed by atoms with van der Waals surface area (Å²) < 4.78 is 25.9. The molecular formula is C13H14F2N2O2. The van der Waals surface area contributed by atoms with E-state index in [1.54, 1.807) is 0 Å². The Bertz CT molecular complexity index is 503. The fourth-order valence-electron chi connectivity index (χ4n) is 1.42. The molecule has 1 aromatic rings. The van der Waals surface area contributed by atoms with Crippen LogP contribution in [0.4, 0.5) is 14.5 Å². The lowest BCUT2D eigenvalue weighted by atomic mass is 10.2. The van der Waals surface area contributed by atoms with Gasteiger partial charge in [0.2, 0.25) is 11.8 Å². The third-order valence-electron chi connectivity index (χ3n) is 2.34. The average Bonchev–Trinajstić information content (AvgIpc) is 2.36. The van der Waals surface area contributed by atoms with Crippen LogP contribution in [0.25, 0.3) is 0 Å². The Morgan fingerprint density at radius 1 is 1.37 bits per heavy atom. The molecule has 0 atom stereocenters. The predicted molar refractivity (Wildman–Crippen MR) is 67.6 cm³/mol. The largest absolute Gasteiger partial charge is 0.351 e. The Kier molecular flexibility index (Phi) is 5.17. The molecule has 1 rings (SSSR count). The molecule has 4 nitrogen and oxygen atoms in total. The Hall–Kier alpha value is -2.24. The van der Waals surface area contributed by atoms with Crippen LogP contribution in [0.15, 0.2) is 30.9 Å². The highest BCUT2D eigenvalue weighted by Gasteiger charge is 2.16. The highest BCUT2D eigenvalue weighted by molar-refractivity contribution is 5.97. The van der Waals surface area contributed by atoms with E-state index in [0.717, 1.165) is 17.0 Å². The number of hydrogen-bond acceptors (Lipinski definition) is 2. The molecule has 102 valence electrons. The number of benzene rings is 1. The van der Waals surface area contributed by atoms with Crippen molar-refractivity contribution in [1.29, 1.82) is 0 Å². The molecular weight excluding hydrogens is 254 g/mol. The summed E-state index contributed by atoms with van der Waals surface area (Å²) in [4.78, 5) is 24.0. The first-order chi connectivity index (χ1) is 8.95. The van der Waals surface area contributed by atoms with Crippen LogP contribution in [0.2, 0.25) is 0 Å². The molecule has 1 N–H and O–H groups in total. The molecule has 0 aliphatic rings. The molecule has 0 saturated heterocycles. The second kappa shape index (κ2) is 6.63. The van der Waals surface area contributed by atoms with E-state index in [1.165, 1.54) is 19.1 Å². The number of nitrogens with zero attached hydrogens (tertiary/aromatic N) is 1.